The molecule has 0 aliphatic carbocycles. The molecule has 0 aromatic heterocycles. The van der Waals surface area contributed by atoms with Crippen molar-refractivity contribution in [1.29, 1.82) is 0 Å². The number of hydrogen-bond donors (Lipinski definition) is 2. The highest BCUT2D eigenvalue weighted by molar-refractivity contribution is 5.90. The van der Waals surface area contributed by atoms with Crippen LogP contribution in [0.4, 0.5) is 0 Å². The molecule has 0 amide bonds. The molecule has 2 N–H and O–H groups in total. The van der Waals surface area contributed by atoms with Crippen molar-refractivity contribution < 1.29 is 44.2 Å². The van der Waals surface area contributed by atoms with Crippen LogP contribution < -0.4 is 0 Å². The van der Waals surface area contributed by atoms with E-state index in [9.17, 15) is 19.2 Å². The first-order chi connectivity index (χ1) is 6.91. The van der Waals surface area contributed by atoms with E-state index in [0.29, 0.717) is 0 Å². The number of carbonyl (C=O) groups excluding carboxylic acids is 2. The van der Waals surface area contributed by atoms with Gasteiger partial charge in [-0.1, -0.05) is 0 Å². The normalized spacial score (nSPS) is 9.07. The minimum absolute atomic E-state index is 0.976. The van der Waals surface area contributed by atoms with Gasteiger partial charge in [-0.3, -0.25) is 19.4 Å². The van der Waals surface area contributed by atoms with E-state index < -0.39 is 36.7 Å². The predicted octanol–water partition coefficient (Wildman–Crippen LogP) is -1.13. The van der Waals surface area contributed by atoms with Crippen LogP contribution in [0.5, 0.6) is 0 Å². The predicted molar refractivity (Wildman–Crippen MR) is 37.8 cm³/mol. The number of rotatable bonds is 6. The van der Waals surface area contributed by atoms with Crippen molar-refractivity contribution in [3.8, 4) is 0 Å². The Morgan fingerprint density at radius 1 is 0.800 bits per heavy atom. The first-order valence-corrected chi connectivity index (χ1v) is 3.42. The van der Waals surface area contributed by atoms with E-state index in [1.54, 1.807) is 0 Å². The topological polar surface area (TPSA) is 136 Å². The Bertz CT molecular complexity index is 252. The Morgan fingerprint density at radius 3 is 1.40 bits per heavy atom. The Kier molecular flexibility index (Phi) is 5.41. The zero-order valence-electron chi connectivity index (χ0n) is 7.17. The molecule has 0 aromatic rings. The average molecular weight is 222 g/mol. The standard InChI is InChI=1S/C6H6O9/c7-3(8)1-5(11)13-15-14-6(12)2-4(9)10/h1-2H2,(H,7,8)(H,9,10). The third kappa shape index (κ3) is 8.18. The summed E-state index contributed by atoms with van der Waals surface area (Å²) in [6, 6.07) is 0. The van der Waals surface area contributed by atoms with Crippen molar-refractivity contribution in [3.63, 3.8) is 0 Å². The quantitative estimate of drug-likeness (QED) is 0.324. The van der Waals surface area contributed by atoms with Gasteiger partial charge in [-0.05, 0) is 0 Å². The molecular weight excluding hydrogens is 216 g/mol. The SMILES string of the molecule is O=C(O)CC(=O)OOOC(=O)CC(=O)O. The van der Waals surface area contributed by atoms with Gasteiger partial charge in [-0.15, -0.1) is 0 Å². The third-order valence-electron chi connectivity index (χ3n) is 0.845. The van der Waals surface area contributed by atoms with Crippen molar-refractivity contribution >= 4 is 23.9 Å². The Balaban J connectivity index is 3.61. The maximum atomic E-state index is 10.4. The zero-order chi connectivity index (χ0) is 11.8. The lowest BCUT2D eigenvalue weighted by atomic mass is 10.5. The summed E-state index contributed by atoms with van der Waals surface area (Å²) in [5, 5.41) is 19.7. The molecule has 0 bridgehead atoms. The highest BCUT2D eigenvalue weighted by Gasteiger charge is 2.14. The van der Waals surface area contributed by atoms with Gasteiger partial charge in [0.15, 0.2) is 0 Å². The fourth-order valence-corrected chi connectivity index (χ4v) is 0.399. The molecule has 15 heavy (non-hydrogen) atoms. The average Bonchev–Trinajstić information content (AvgIpc) is 2.00. The summed E-state index contributed by atoms with van der Waals surface area (Å²) in [6.45, 7) is 0. The van der Waals surface area contributed by atoms with E-state index in [4.69, 9.17) is 10.2 Å². The van der Waals surface area contributed by atoms with Crippen LogP contribution in [0.15, 0.2) is 0 Å². The van der Waals surface area contributed by atoms with Gasteiger partial charge in [0.25, 0.3) is 0 Å². The second-order valence-electron chi connectivity index (χ2n) is 2.12. The van der Waals surface area contributed by atoms with E-state index in [1.165, 1.54) is 0 Å². The van der Waals surface area contributed by atoms with Gasteiger partial charge in [0.2, 0.25) is 0 Å². The lowest BCUT2D eigenvalue weighted by Gasteiger charge is -1.99. The summed E-state index contributed by atoms with van der Waals surface area (Å²) in [5.41, 5.74) is 0. The monoisotopic (exact) mass is 222 g/mol. The van der Waals surface area contributed by atoms with Gasteiger partial charge in [0.1, 0.15) is 12.8 Å². The highest BCUT2D eigenvalue weighted by Crippen LogP contribution is 1.92. The minimum Gasteiger partial charge on any atom is -0.481 e. The van der Waals surface area contributed by atoms with Crippen molar-refractivity contribution in [2.45, 2.75) is 12.8 Å². The summed E-state index contributed by atoms with van der Waals surface area (Å²) in [6.07, 6.45) is -1.95. The minimum atomic E-state index is -1.46. The van der Waals surface area contributed by atoms with Crippen LogP contribution in [0.1, 0.15) is 12.8 Å². The van der Waals surface area contributed by atoms with Crippen LogP contribution in [-0.2, 0) is 34.0 Å². The molecule has 0 rings (SSSR count). The summed E-state index contributed by atoms with van der Waals surface area (Å²) < 4.78 is 0. The number of carbonyl (C=O) groups is 4. The van der Waals surface area contributed by atoms with Crippen molar-refractivity contribution in [2.24, 2.45) is 0 Å². The van der Waals surface area contributed by atoms with Crippen molar-refractivity contribution in [2.75, 3.05) is 0 Å². The van der Waals surface area contributed by atoms with Crippen LogP contribution in [0.2, 0.25) is 0 Å². The highest BCUT2D eigenvalue weighted by atomic mass is 17.5. The molecule has 0 aliphatic rings. The summed E-state index contributed by atoms with van der Waals surface area (Å²) >= 11 is 0. The maximum Gasteiger partial charge on any atom is 0.357 e. The van der Waals surface area contributed by atoms with Gasteiger partial charge < -0.3 is 10.2 Å². The molecule has 84 valence electrons. The van der Waals surface area contributed by atoms with Gasteiger partial charge >= 0.3 is 23.9 Å². The maximum absolute atomic E-state index is 10.4. The van der Waals surface area contributed by atoms with Crippen LogP contribution in [0.3, 0.4) is 0 Å². The van der Waals surface area contributed by atoms with Crippen LogP contribution >= 0.6 is 0 Å². The Labute approximate surface area is 82.0 Å². The Hall–Kier alpha value is -2.16. The molecule has 9 nitrogen and oxygen atoms in total. The van der Waals surface area contributed by atoms with E-state index in [1.807, 2.05) is 0 Å². The molecule has 0 aliphatic heterocycles. The first kappa shape index (κ1) is 12.8. The van der Waals surface area contributed by atoms with Gasteiger partial charge in [-0.2, -0.15) is 0 Å². The molecule has 0 heterocycles. The van der Waals surface area contributed by atoms with Crippen LogP contribution in [-0.4, -0.2) is 34.1 Å². The fourth-order valence-electron chi connectivity index (χ4n) is 0.399. The van der Waals surface area contributed by atoms with Gasteiger partial charge in [0.05, 0.1) is 0 Å². The summed E-state index contributed by atoms with van der Waals surface area (Å²) in [7, 11) is 0. The molecule has 0 unspecified atom stereocenters. The van der Waals surface area contributed by atoms with Crippen LogP contribution in [0.25, 0.3) is 0 Å². The molecular formula is C6H6O9. The van der Waals surface area contributed by atoms with Crippen molar-refractivity contribution in [3.05, 3.63) is 0 Å². The molecule has 9 heteroatoms. The number of carboxylic acid groups (broad SMARTS) is 2. The molecule has 0 saturated carbocycles. The number of aliphatic carboxylic acids is 2. The van der Waals surface area contributed by atoms with E-state index in [2.05, 4.69) is 14.8 Å². The molecule has 0 atom stereocenters. The second-order valence-corrected chi connectivity index (χ2v) is 2.12. The lowest BCUT2D eigenvalue weighted by Crippen LogP contribution is -2.15. The number of carboxylic acids is 2. The fraction of sp³-hybridized carbons (Fsp3) is 0.333. The summed E-state index contributed by atoms with van der Waals surface area (Å²) in [5.74, 6) is -5.52. The van der Waals surface area contributed by atoms with E-state index in [0.717, 1.165) is 0 Å². The van der Waals surface area contributed by atoms with Gasteiger partial charge in [0, 0.05) is 5.04 Å². The van der Waals surface area contributed by atoms with Gasteiger partial charge in [-0.25, -0.2) is 9.59 Å². The second kappa shape index (κ2) is 6.32. The van der Waals surface area contributed by atoms with Crippen molar-refractivity contribution in [1.82, 2.24) is 0 Å². The Morgan fingerprint density at radius 2 is 1.13 bits per heavy atom. The lowest BCUT2D eigenvalue weighted by molar-refractivity contribution is -0.459. The molecule has 0 radical (unpaired) electrons. The first-order valence-electron chi connectivity index (χ1n) is 3.42. The smallest absolute Gasteiger partial charge is 0.357 e. The molecule has 0 fully saturated rings. The largest absolute Gasteiger partial charge is 0.481 e. The van der Waals surface area contributed by atoms with E-state index in [-0.39, 0.29) is 0 Å². The molecule has 0 spiro atoms. The third-order valence-corrected chi connectivity index (χ3v) is 0.845. The molecule has 0 aromatic carbocycles. The molecule has 0 saturated heterocycles. The van der Waals surface area contributed by atoms with E-state index >= 15 is 0 Å². The summed E-state index contributed by atoms with van der Waals surface area (Å²) in [4.78, 5) is 48.0. The van der Waals surface area contributed by atoms with Crippen LogP contribution in [0, 0.1) is 0 Å². The zero-order valence-corrected chi connectivity index (χ0v) is 7.17. The number of hydrogen-bond acceptors (Lipinski definition) is 7.